The van der Waals surface area contributed by atoms with Gasteiger partial charge in [0.05, 0.1) is 5.69 Å². The number of nitrogens with one attached hydrogen (secondary N) is 1. The zero-order chi connectivity index (χ0) is 10.6. The minimum atomic E-state index is -0.288. The Morgan fingerprint density at radius 1 is 1.43 bits per heavy atom. The summed E-state index contributed by atoms with van der Waals surface area (Å²) in [6, 6.07) is 1.55. The number of unbranched alkanes of at least 4 members (excludes halogenated alkanes) is 2. The summed E-state index contributed by atoms with van der Waals surface area (Å²) in [6.45, 7) is 6.44. The molecule has 0 aliphatic carbocycles. The first-order valence-corrected chi connectivity index (χ1v) is 5.25. The maximum Gasteiger partial charge on any atom is 0.357 e. The molecule has 1 aromatic heterocycles. The van der Waals surface area contributed by atoms with E-state index in [0.717, 1.165) is 12.1 Å². The number of hydrogen-bond acceptors (Lipinski definition) is 2. The largest absolute Gasteiger partial charge is 0.357 e. The van der Waals surface area contributed by atoms with Crippen molar-refractivity contribution < 1.29 is 4.52 Å². The maximum atomic E-state index is 10.9. The number of aromatic nitrogens is 1. The van der Waals surface area contributed by atoms with E-state index in [1.807, 2.05) is 0 Å². The molecule has 0 bridgehead atoms. The number of rotatable bonds is 5. The van der Waals surface area contributed by atoms with Crippen LogP contribution in [0.5, 0.6) is 0 Å². The second kappa shape index (κ2) is 4.49. The summed E-state index contributed by atoms with van der Waals surface area (Å²) in [5, 5.41) is 2.69. The van der Waals surface area contributed by atoms with Gasteiger partial charge in [0.1, 0.15) is 0 Å². The Labute approximate surface area is 84.5 Å². The Bertz CT molecular complexity index is 322. The molecular weight excluding hydrogens is 178 g/mol. The number of aromatic amines is 1. The van der Waals surface area contributed by atoms with Gasteiger partial charge in [-0.05, 0) is 6.42 Å². The Morgan fingerprint density at radius 3 is 2.64 bits per heavy atom. The van der Waals surface area contributed by atoms with Gasteiger partial charge in [-0.25, -0.2) is 9.95 Å². The van der Waals surface area contributed by atoms with Crippen molar-refractivity contribution in [2.75, 3.05) is 0 Å². The normalized spacial score (nSPS) is 11.9. The average molecular weight is 197 g/mol. The standard InChI is InChI=1S/C11H19NO2/c1-4-5-6-7-11(2,3)9-8-10(13)14-12-9/h8,12H,4-7H2,1-3H3. The Morgan fingerprint density at radius 2 is 2.14 bits per heavy atom. The van der Waals surface area contributed by atoms with Crippen LogP contribution in [0, 0.1) is 0 Å². The van der Waals surface area contributed by atoms with E-state index in [4.69, 9.17) is 0 Å². The first kappa shape index (κ1) is 11.1. The quantitative estimate of drug-likeness (QED) is 0.738. The lowest BCUT2D eigenvalue weighted by molar-refractivity contribution is 0.354. The first-order chi connectivity index (χ1) is 6.56. The molecule has 0 aliphatic heterocycles. The lowest BCUT2D eigenvalue weighted by Gasteiger charge is -2.21. The second-order valence-corrected chi connectivity index (χ2v) is 4.42. The molecule has 1 rings (SSSR count). The summed E-state index contributed by atoms with van der Waals surface area (Å²) in [5.74, 6) is 0. The third kappa shape index (κ3) is 2.76. The molecule has 1 heterocycles. The van der Waals surface area contributed by atoms with Crippen LogP contribution in [0.3, 0.4) is 0 Å². The molecule has 0 radical (unpaired) electrons. The van der Waals surface area contributed by atoms with Crippen LogP contribution >= 0.6 is 0 Å². The van der Waals surface area contributed by atoms with Crippen molar-refractivity contribution >= 4 is 0 Å². The van der Waals surface area contributed by atoms with Gasteiger partial charge in [-0.1, -0.05) is 40.0 Å². The number of H-pyrrole nitrogens is 1. The molecule has 0 spiro atoms. The Hall–Kier alpha value is -0.990. The molecular formula is C11H19NO2. The highest BCUT2D eigenvalue weighted by Crippen LogP contribution is 2.26. The third-order valence-corrected chi connectivity index (χ3v) is 2.66. The highest BCUT2D eigenvalue weighted by atomic mass is 16.5. The predicted molar refractivity (Wildman–Crippen MR) is 56.5 cm³/mol. The molecule has 0 aliphatic rings. The molecule has 80 valence electrons. The summed E-state index contributed by atoms with van der Waals surface area (Å²) in [7, 11) is 0. The average Bonchev–Trinajstić information content (AvgIpc) is 2.53. The highest BCUT2D eigenvalue weighted by Gasteiger charge is 2.22. The molecule has 0 unspecified atom stereocenters. The van der Waals surface area contributed by atoms with E-state index in [1.165, 1.54) is 19.3 Å². The van der Waals surface area contributed by atoms with Gasteiger partial charge in [0, 0.05) is 11.5 Å². The second-order valence-electron chi connectivity index (χ2n) is 4.42. The van der Waals surface area contributed by atoms with Crippen LogP contribution in [0.1, 0.15) is 52.1 Å². The minimum absolute atomic E-state index is 0.0152. The van der Waals surface area contributed by atoms with E-state index >= 15 is 0 Å². The first-order valence-electron chi connectivity index (χ1n) is 5.25. The molecule has 0 aromatic carbocycles. The van der Waals surface area contributed by atoms with Gasteiger partial charge in [0.25, 0.3) is 0 Å². The Balaban J connectivity index is 2.60. The van der Waals surface area contributed by atoms with Crippen LogP contribution in [-0.4, -0.2) is 5.16 Å². The lowest BCUT2D eigenvalue weighted by Crippen LogP contribution is -2.17. The summed E-state index contributed by atoms with van der Waals surface area (Å²) in [6.07, 6.45) is 4.73. The van der Waals surface area contributed by atoms with Crippen LogP contribution in [0.15, 0.2) is 15.4 Å². The van der Waals surface area contributed by atoms with Crippen LogP contribution in [0.2, 0.25) is 0 Å². The van der Waals surface area contributed by atoms with Gasteiger partial charge in [0.15, 0.2) is 0 Å². The van der Waals surface area contributed by atoms with Crippen molar-refractivity contribution in [1.29, 1.82) is 0 Å². The van der Waals surface area contributed by atoms with Crippen molar-refractivity contribution in [2.45, 2.75) is 51.9 Å². The molecule has 1 aromatic rings. The lowest BCUT2D eigenvalue weighted by atomic mass is 9.84. The zero-order valence-corrected chi connectivity index (χ0v) is 9.22. The summed E-state index contributed by atoms with van der Waals surface area (Å²) < 4.78 is 4.68. The smallest absolute Gasteiger partial charge is 0.339 e. The van der Waals surface area contributed by atoms with E-state index in [9.17, 15) is 4.79 Å². The van der Waals surface area contributed by atoms with E-state index in [0.29, 0.717) is 0 Å². The van der Waals surface area contributed by atoms with E-state index in [-0.39, 0.29) is 11.0 Å². The molecule has 3 nitrogen and oxygen atoms in total. The van der Waals surface area contributed by atoms with Crippen molar-refractivity contribution in [3.05, 3.63) is 22.2 Å². The third-order valence-electron chi connectivity index (χ3n) is 2.66. The monoisotopic (exact) mass is 197 g/mol. The van der Waals surface area contributed by atoms with Gasteiger partial charge in [-0.3, -0.25) is 0 Å². The molecule has 14 heavy (non-hydrogen) atoms. The van der Waals surface area contributed by atoms with Gasteiger partial charge in [0.2, 0.25) is 0 Å². The van der Waals surface area contributed by atoms with Crippen molar-refractivity contribution in [1.82, 2.24) is 5.16 Å². The van der Waals surface area contributed by atoms with Crippen LogP contribution in [0.25, 0.3) is 0 Å². The fourth-order valence-corrected chi connectivity index (χ4v) is 1.57. The van der Waals surface area contributed by atoms with E-state index in [1.54, 1.807) is 6.07 Å². The zero-order valence-electron chi connectivity index (χ0n) is 9.22. The van der Waals surface area contributed by atoms with Gasteiger partial charge < -0.3 is 4.52 Å². The van der Waals surface area contributed by atoms with Crippen LogP contribution < -0.4 is 5.63 Å². The fourth-order valence-electron chi connectivity index (χ4n) is 1.57. The van der Waals surface area contributed by atoms with Gasteiger partial charge in [-0.15, -0.1) is 0 Å². The van der Waals surface area contributed by atoms with Gasteiger partial charge in [-0.2, -0.15) is 0 Å². The molecule has 3 heteroatoms. The van der Waals surface area contributed by atoms with E-state index < -0.39 is 0 Å². The maximum absolute atomic E-state index is 10.9. The Kier molecular flexibility index (Phi) is 3.55. The van der Waals surface area contributed by atoms with Gasteiger partial charge >= 0.3 is 5.63 Å². The van der Waals surface area contributed by atoms with Crippen molar-refractivity contribution in [3.8, 4) is 0 Å². The minimum Gasteiger partial charge on any atom is -0.339 e. The fraction of sp³-hybridized carbons (Fsp3) is 0.727. The van der Waals surface area contributed by atoms with E-state index in [2.05, 4.69) is 30.5 Å². The molecule has 0 fully saturated rings. The molecule has 0 saturated carbocycles. The summed E-state index contributed by atoms with van der Waals surface area (Å²) in [4.78, 5) is 10.9. The summed E-state index contributed by atoms with van der Waals surface area (Å²) in [5.41, 5.74) is 0.628. The van der Waals surface area contributed by atoms with Crippen LogP contribution in [-0.2, 0) is 5.41 Å². The molecule has 0 atom stereocenters. The predicted octanol–water partition coefficient (Wildman–Crippen LogP) is 2.83. The topological polar surface area (TPSA) is 46.0 Å². The number of hydrogen-bond donors (Lipinski definition) is 1. The molecule has 0 amide bonds. The van der Waals surface area contributed by atoms with Crippen molar-refractivity contribution in [3.63, 3.8) is 0 Å². The van der Waals surface area contributed by atoms with Crippen molar-refractivity contribution in [2.24, 2.45) is 0 Å². The SMILES string of the molecule is CCCCCC(C)(C)c1cc(=O)o[nH]1. The van der Waals surface area contributed by atoms with Crippen LogP contribution in [0.4, 0.5) is 0 Å². The highest BCUT2D eigenvalue weighted by molar-refractivity contribution is 5.10. The summed E-state index contributed by atoms with van der Waals surface area (Å²) >= 11 is 0. The molecule has 1 N–H and O–H groups in total. The molecule has 0 saturated heterocycles.